The SMILES string of the molecule is Cc1nn(-c2ccccc2Cl)c2sc(C(=O)O[C@@H]3CCOC3=O)cc12. The van der Waals surface area contributed by atoms with Gasteiger partial charge in [-0.3, -0.25) is 0 Å². The summed E-state index contributed by atoms with van der Waals surface area (Å²) in [6.07, 6.45) is -0.430. The third-order valence-electron chi connectivity index (χ3n) is 3.96. The van der Waals surface area contributed by atoms with Crippen LogP contribution in [0.25, 0.3) is 15.9 Å². The standard InChI is InChI=1S/C17H13ClN2O4S/c1-9-10-8-14(17(22)24-13-6-7-23-16(13)21)25-15(10)20(19-9)12-5-3-2-4-11(12)18/h2-5,8,13H,6-7H2,1H3/t13-/m1/s1. The molecule has 1 atom stereocenters. The minimum atomic E-state index is -0.820. The molecular formula is C17H13ClN2O4S. The number of hydrogen-bond acceptors (Lipinski definition) is 6. The molecule has 0 bridgehead atoms. The van der Waals surface area contributed by atoms with E-state index in [2.05, 4.69) is 5.10 Å². The Morgan fingerprint density at radius 1 is 1.44 bits per heavy atom. The smallest absolute Gasteiger partial charge is 0.349 e. The van der Waals surface area contributed by atoms with E-state index in [0.29, 0.717) is 16.3 Å². The molecule has 3 aromatic rings. The maximum atomic E-state index is 12.4. The number of aryl methyl sites for hydroxylation is 1. The van der Waals surface area contributed by atoms with Crippen molar-refractivity contribution in [3.8, 4) is 5.69 Å². The lowest BCUT2D eigenvalue weighted by molar-refractivity contribution is -0.145. The van der Waals surface area contributed by atoms with Gasteiger partial charge in [-0.2, -0.15) is 5.10 Å². The summed E-state index contributed by atoms with van der Waals surface area (Å²) >= 11 is 7.52. The first kappa shape index (κ1) is 16.1. The minimum Gasteiger partial charge on any atom is -0.463 e. The molecule has 0 unspecified atom stereocenters. The number of halogens is 1. The highest BCUT2D eigenvalue weighted by Gasteiger charge is 2.31. The first-order chi connectivity index (χ1) is 12.0. The zero-order valence-electron chi connectivity index (χ0n) is 13.2. The van der Waals surface area contributed by atoms with E-state index in [4.69, 9.17) is 21.1 Å². The van der Waals surface area contributed by atoms with Crippen LogP contribution in [0, 0.1) is 6.92 Å². The van der Waals surface area contributed by atoms with E-state index < -0.39 is 18.0 Å². The molecule has 8 heteroatoms. The Labute approximate surface area is 151 Å². The zero-order valence-corrected chi connectivity index (χ0v) is 14.8. The van der Waals surface area contributed by atoms with Gasteiger partial charge in [-0.05, 0) is 25.1 Å². The van der Waals surface area contributed by atoms with Gasteiger partial charge in [-0.1, -0.05) is 23.7 Å². The Morgan fingerprint density at radius 3 is 2.96 bits per heavy atom. The molecule has 0 radical (unpaired) electrons. The minimum absolute atomic E-state index is 0.282. The summed E-state index contributed by atoms with van der Waals surface area (Å²) in [7, 11) is 0. The van der Waals surface area contributed by atoms with Crippen molar-refractivity contribution < 1.29 is 19.1 Å². The van der Waals surface area contributed by atoms with Crippen LogP contribution in [0.15, 0.2) is 30.3 Å². The molecule has 0 N–H and O–H groups in total. The van der Waals surface area contributed by atoms with Crippen molar-refractivity contribution >= 4 is 45.1 Å². The Hall–Kier alpha value is -2.38. The molecular weight excluding hydrogens is 364 g/mol. The van der Waals surface area contributed by atoms with Gasteiger partial charge in [0.1, 0.15) is 9.71 Å². The fourth-order valence-corrected chi connectivity index (χ4v) is 3.98. The van der Waals surface area contributed by atoms with Crippen LogP contribution in [0.4, 0.5) is 0 Å². The van der Waals surface area contributed by atoms with Crippen molar-refractivity contribution in [2.75, 3.05) is 6.61 Å². The number of hydrogen-bond donors (Lipinski definition) is 0. The van der Waals surface area contributed by atoms with Crippen molar-refractivity contribution in [1.82, 2.24) is 9.78 Å². The zero-order chi connectivity index (χ0) is 17.6. The Balaban J connectivity index is 1.71. The molecule has 0 saturated carbocycles. The van der Waals surface area contributed by atoms with Crippen LogP contribution in [0.5, 0.6) is 0 Å². The van der Waals surface area contributed by atoms with E-state index in [1.165, 1.54) is 11.3 Å². The fourth-order valence-electron chi connectivity index (χ4n) is 2.71. The molecule has 3 heterocycles. The largest absolute Gasteiger partial charge is 0.463 e. The lowest BCUT2D eigenvalue weighted by atomic mass is 10.3. The van der Waals surface area contributed by atoms with Gasteiger partial charge in [0.2, 0.25) is 6.10 Å². The number of rotatable bonds is 3. The number of cyclic esters (lactones) is 1. The average Bonchev–Trinajstić information content (AvgIpc) is 3.26. The highest BCUT2D eigenvalue weighted by Crippen LogP contribution is 2.33. The summed E-state index contributed by atoms with van der Waals surface area (Å²) in [6.45, 7) is 2.15. The Kier molecular flexibility index (Phi) is 3.97. The number of carbonyl (C=O) groups is 2. The number of nitrogens with zero attached hydrogens (tertiary/aromatic N) is 2. The summed E-state index contributed by atoms with van der Waals surface area (Å²) in [4.78, 5) is 25.0. The van der Waals surface area contributed by atoms with Crippen LogP contribution >= 0.6 is 22.9 Å². The van der Waals surface area contributed by atoms with Crippen LogP contribution in [-0.4, -0.2) is 34.4 Å². The Morgan fingerprint density at radius 2 is 2.24 bits per heavy atom. The number of ether oxygens (including phenoxy) is 2. The third kappa shape index (κ3) is 2.79. The van der Waals surface area contributed by atoms with Gasteiger partial charge in [0.05, 0.1) is 23.0 Å². The van der Waals surface area contributed by atoms with E-state index in [-0.39, 0.29) is 6.61 Å². The molecule has 4 rings (SSSR count). The van der Waals surface area contributed by atoms with Gasteiger partial charge in [0.15, 0.2) is 0 Å². The molecule has 1 aromatic carbocycles. The van der Waals surface area contributed by atoms with Crippen LogP contribution in [0.3, 0.4) is 0 Å². The van der Waals surface area contributed by atoms with Crippen LogP contribution < -0.4 is 0 Å². The normalized spacial score (nSPS) is 17.0. The number of aromatic nitrogens is 2. The van der Waals surface area contributed by atoms with Crippen LogP contribution in [0.1, 0.15) is 21.8 Å². The van der Waals surface area contributed by atoms with Crippen molar-refractivity contribution in [2.24, 2.45) is 0 Å². The topological polar surface area (TPSA) is 70.4 Å². The van der Waals surface area contributed by atoms with Crippen molar-refractivity contribution in [3.05, 3.63) is 45.9 Å². The van der Waals surface area contributed by atoms with Gasteiger partial charge in [-0.25, -0.2) is 14.3 Å². The average molecular weight is 377 g/mol. The molecule has 0 amide bonds. The quantitative estimate of drug-likeness (QED) is 0.654. The number of thiophene rings is 1. The number of benzene rings is 1. The number of esters is 2. The van der Waals surface area contributed by atoms with Gasteiger partial charge in [0, 0.05) is 11.8 Å². The highest BCUT2D eigenvalue weighted by atomic mass is 35.5. The summed E-state index contributed by atoms with van der Waals surface area (Å²) < 4.78 is 11.8. The van der Waals surface area contributed by atoms with E-state index in [1.54, 1.807) is 16.8 Å². The predicted molar refractivity (Wildman–Crippen MR) is 93.5 cm³/mol. The third-order valence-corrected chi connectivity index (χ3v) is 5.37. The van der Waals surface area contributed by atoms with Crippen molar-refractivity contribution in [3.63, 3.8) is 0 Å². The van der Waals surface area contributed by atoms with E-state index in [9.17, 15) is 9.59 Å². The monoisotopic (exact) mass is 376 g/mol. The summed E-state index contributed by atoms with van der Waals surface area (Å²) in [5.41, 5.74) is 1.52. The van der Waals surface area contributed by atoms with Crippen LogP contribution in [0.2, 0.25) is 5.02 Å². The molecule has 128 valence electrons. The fraction of sp³-hybridized carbons (Fsp3) is 0.235. The number of fused-ring (bicyclic) bond motifs is 1. The first-order valence-corrected chi connectivity index (χ1v) is 8.86. The summed E-state index contributed by atoms with van der Waals surface area (Å²) in [5.74, 6) is -1.02. The van der Waals surface area contributed by atoms with Gasteiger partial charge >= 0.3 is 11.9 Å². The predicted octanol–water partition coefficient (Wildman–Crippen LogP) is 3.52. The van der Waals surface area contributed by atoms with E-state index >= 15 is 0 Å². The Bertz CT molecular complexity index is 994. The first-order valence-electron chi connectivity index (χ1n) is 7.66. The highest BCUT2D eigenvalue weighted by molar-refractivity contribution is 7.20. The van der Waals surface area contributed by atoms with Crippen molar-refractivity contribution in [2.45, 2.75) is 19.4 Å². The molecule has 0 aliphatic carbocycles. The number of carbonyl (C=O) groups excluding carboxylic acids is 2. The second kappa shape index (κ2) is 6.16. The molecule has 1 saturated heterocycles. The molecule has 1 fully saturated rings. The van der Waals surface area contributed by atoms with E-state index in [1.807, 2.05) is 25.1 Å². The lowest BCUT2D eigenvalue weighted by Crippen LogP contribution is -2.22. The summed E-state index contributed by atoms with van der Waals surface area (Å²) in [5, 5.41) is 5.93. The molecule has 1 aliphatic rings. The maximum Gasteiger partial charge on any atom is 0.349 e. The second-order valence-electron chi connectivity index (χ2n) is 5.63. The van der Waals surface area contributed by atoms with Gasteiger partial charge < -0.3 is 9.47 Å². The van der Waals surface area contributed by atoms with Gasteiger partial charge in [0.25, 0.3) is 0 Å². The molecule has 2 aromatic heterocycles. The van der Waals surface area contributed by atoms with Gasteiger partial charge in [-0.15, -0.1) is 11.3 Å². The lowest BCUT2D eigenvalue weighted by Gasteiger charge is -2.06. The van der Waals surface area contributed by atoms with Crippen LogP contribution in [-0.2, 0) is 14.3 Å². The molecule has 6 nitrogen and oxygen atoms in total. The number of para-hydroxylation sites is 1. The molecule has 1 aliphatic heterocycles. The molecule has 25 heavy (non-hydrogen) atoms. The van der Waals surface area contributed by atoms with E-state index in [0.717, 1.165) is 21.6 Å². The molecule has 0 spiro atoms. The maximum absolute atomic E-state index is 12.4. The summed E-state index contributed by atoms with van der Waals surface area (Å²) in [6, 6.07) is 9.10. The van der Waals surface area contributed by atoms with Crippen molar-refractivity contribution in [1.29, 1.82) is 0 Å². The second-order valence-corrected chi connectivity index (χ2v) is 7.07.